The summed E-state index contributed by atoms with van der Waals surface area (Å²) in [6.45, 7) is 0. The largest absolute Gasteiger partial charge is 0.480 e. The van der Waals surface area contributed by atoms with Crippen molar-refractivity contribution >= 4 is 23.7 Å². The molecule has 1 aliphatic rings. The van der Waals surface area contributed by atoms with E-state index < -0.39 is 29.7 Å². The molecular formula is C13H12N2O5. The second-order valence-corrected chi connectivity index (χ2v) is 4.38. The highest BCUT2D eigenvalue weighted by Gasteiger charge is 2.42. The number of primary amides is 1. The van der Waals surface area contributed by atoms with Crippen molar-refractivity contribution in [3.8, 4) is 0 Å². The van der Waals surface area contributed by atoms with E-state index in [1.165, 1.54) is 12.1 Å². The molecule has 0 aliphatic carbocycles. The van der Waals surface area contributed by atoms with Gasteiger partial charge in [0.2, 0.25) is 5.91 Å². The number of imide groups is 1. The molecular weight excluding hydrogens is 265 g/mol. The Hall–Kier alpha value is -2.70. The lowest BCUT2D eigenvalue weighted by Crippen LogP contribution is -2.45. The topological polar surface area (TPSA) is 118 Å². The van der Waals surface area contributed by atoms with Crippen molar-refractivity contribution in [2.24, 2.45) is 5.73 Å². The standard InChI is InChI=1S/C13H12N2O5/c14-10(16)6-5-9(13(19)20)15-11(17)7-3-1-2-4-8(7)12(15)18/h1-4,9H,5-6H2,(H2,14,16)(H,19,20)/i15+1. The van der Waals surface area contributed by atoms with Gasteiger partial charge in [-0.3, -0.25) is 19.3 Å². The maximum Gasteiger partial charge on any atom is 0.326 e. The summed E-state index contributed by atoms with van der Waals surface area (Å²) in [5.74, 6) is -3.36. The van der Waals surface area contributed by atoms with Gasteiger partial charge in [-0.05, 0) is 18.6 Å². The summed E-state index contributed by atoms with van der Waals surface area (Å²) >= 11 is 0. The number of rotatable bonds is 5. The van der Waals surface area contributed by atoms with Crippen LogP contribution in [-0.2, 0) is 9.59 Å². The molecule has 0 fully saturated rings. The fourth-order valence-corrected chi connectivity index (χ4v) is 2.13. The van der Waals surface area contributed by atoms with Crippen molar-refractivity contribution in [3.63, 3.8) is 0 Å². The van der Waals surface area contributed by atoms with Crippen LogP contribution < -0.4 is 5.73 Å². The number of carbonyl (C=O) groups is 4. The van der Waals surface area contributed by atoms with Crippen molar-refractivity contribution in [1.82, 2.24) is 4.90 Å². The number of fused-ring (bicyclic) bond motifs is 1. The van der Waals surface area contributed by atoms with E-state index in [9.17, 15) is 19.2 Å². The number of nitrogens with zero attached hydrogens (tertiary/aromatic N) is 1. The molecule has 1 aliphatic heterocycles. The van der Waals surface area contributed by atoms with Gasteiger partial charge < -0.3 is 10.8 Å². The third-order valence-electron chi connectivity index (χ3n) is 3.09. The Balaban J connectivity index is 2.32. The van der Waals surface area contributed by atoms with Gasteiger partial charge >= 0.3 is 5.97 Å². The van der Waals surface area contributed by atoms with Crippen molar-refractivity contribution in [3.05, 3.63) is 35.4 Å². The molecule has 3 amide bonds. The molecule has 1 atom stereocenters. The maximum atomic E-state index is 12.1. The van der Waals surface area contributed by atoms with E-state index >= 15 is 0 Å². The Kier molecular flexibility index (Phi) is 3.51. The lowest BCUT2D eigenvalue weighted by atomic mass is 10.1. The van der Waals surface area contributed by atoms with Crippen LogP contribution in [0.1, 0.15) is 33.6 Å². The molecule has 1 aromatic rings. The maximum absolute atomic E-state index is 12.1. The quantitative estimate of drug-likeness (QED) is 0.580. The number of amides is 3. The van der Waals surface area contributed by atoms with Gasteiger partial charge in [-0.1, -0.05) is 12.1 Å². The van der Waals surface area contributed by atoms with E-state index in [0.717, 1.165) is 0 Å². The first-order chi connectivity index (χ1) is 9.43. The Morgan fingerprint density at radius 2 is 1.65 bits per heavy atom. The van der Waals surface area contributed by atoms with Crippen molar-refractivity contribution < 1.29 is 24.3 Å². The summed E-state index contributed by atoms with van der Waals surface area (Å²) in [4.78, 5) is 46.9. The molecule has 1 heterocycles. The zero-order valence-electron chi connectivity index (χ0n) is 10.4. The highest BCUT2D eigenvalue weighted by atomic mass is 16.4. The van der Waals surface area contributed by atoms with Gasteiger partial charge in [-0.2, -0.15) is 0 Å². The number of aliphatic carboxylic acids is 1. The summed E-state index contributed by atoms with van der Waals surface area (Å²) < 4.78 is 0. The predicted octanol–water partition coefficient (Wildman–Crippen LogP) is 0.00130. The molecule has 20 heavy (non-hydrogen) atoms. The fraction of sp³-hybridized carbons (Fsp3) is 0.231. The number of carboxylic acids is 1. The van der Waals surface area contributed by atoms with Crippen LogP contribution in [0, 0.1) is 0 Å². The lowest BCUT2D eigenvalue weighted by Gasteiger charge is -2.21. The highest BCUT2D eigenvalue weighted by Crippen LogP contribution is 2.26. The van der Waals surface area contributed by atoms with Gasteiger partial charge in [0, 0.05) is 6.42 Å². The van der Waals surface area contributed by atoms with Crippen LogP contribution in [0.4, 0.5) is 0 Å². The third kappa shape index (κ3) is 2.25. The average molecular weight is 277 g/mol. The van der Waals surface area contributed by atoms with Crippen molar-refractivity contribution in [1.29, 1.82) is 0 Å². The van der Waals surface area contributed by atoms with Gasteiger partial charge in [-0.15, -0.1) is 0 Å². The number of nitrogens with two attached hydrogens (primary N) is 1. The van der Waals surface area contributed by atoms with Gasteiger partial charge in [0.05, 0.1) is 11.1 Å². The molecule has 0 saturated carbocycles. The molecule has 0 aromatic heterocycles. The zero-order chi connectivity index (χ0) is 14.9. The predicted molar refractivity (Wildman–Crippen MR) is 66.8 cm³/mol. The number of carboxylic acid groups (broad SMARTS) is 1. The van der Waals surface area contributed by atoms with Crippen molar-refractivity contribution in [2.45, 2.75) is 18.9 Å². The van der Waals surface area contributed by atoms with Crippen LogP contribution in [0.3, 0.4) is 0 Å². The average Bonchev–Trinajstić information content (AvgIpc) is 2.64. The Labute approximate surface area is 114 Å². The summed E-state index contributed by atoms with van der Waals surface area (Å²) in [5.41, 5.74) is 5.31. The molecule has 3 N–H and O–H groups in total. The lowest BCUT2D eigenvalue weighted by molar-refractivity contribution is -0.141. The Bertz CT molecular complexity index is 576. The Morgan fingerprint density at radius 3 is 2.05 bits per heavy atom. The van der Waals surface area contributed by atoms with Gasteiger partial charge in [0.1, 0.15) is 6.04 Å². The SMILES string of the molecule is NC(=O)CCC(C(=O)O)[15N]1C(=O)c2ccccc2C1=O. The Morgan fingerprint density at radius 1 is 1.15 bits per heavy atom. The number of carbonyl (C=O) groups excluding carboxylic acids is 3. The van der Waals surface area contributed by atoms with Crippen LogP contribution in [0.5, 0.6) is 0 Å². The van der Waals surface area contributed by atoms with Crippen LogP contribution in [0.15, 0.2) is 24.3 Å². The zero-order valence-corrected chi connectivity index (χ0v) is 10.4. The number of hydrogen-bond donors (Lipinski definition) is 2. The second-order valence-electron chi connectivity index (χ2n) is 4.38. The number of hydrogen-bond acceptors (Lipinski definition) is 4. The van der Waals surface area contributed by atoms with E-state index in [1.807, 2.05) is 0 Å². The molecule has 0 radical (unpaired) electrons. The third-order valence-corrected chi connectivity index (χ3v) is 3.09. The summed E-state index contributed by atoms with van der Waals surface area (Å²) in [7, 11) is 0. The molecule has 1 aromatic carbocycles. The molecule has 1 unspecified atom stereocenters. The van der Waals surface area contributed by atoms with Gasteiger partial charge in [0.25, 0.3) is 11.8 Å². The van der Waals surface area contributed by atoms with Crippen LogP contribution in [-0.4, -0.2) is 39.7 Å². The summed E-state index contributed by atoms with van der Waals surface area (Å²) in [5, 5.41) is 9.16. The molecule has 0 saturated heterocycles. The normalized spacial score (nSPS) is 15.1. The fourth-order valence-electron chi connectivity index (χ4n) is 2.13. The molecule has 7 nitrogen and oxygen atoms in total. The minimum Gasteiger partial charge on any atom is -0.480 e. The summed E-state index contributed by atoms with van der Waals surface area (Å²) in [6.07, 6.45) is -0.416. The highest BCUT2D eigenvalue weighted by molar-refractivity contribution is 6.22. The molecule has 0 spiro atoms. The first-order valence-corrected chi connectivity index (χ1v) is 5.91. The first-order valence-electron chi connectivity index (χ1n) is 5.91. The molecule has 104 valence electrons. The minimum atomic E-state index is -1.39. The van der Waals surface area contributed by atoms with Gasteiger partial charge in [0.15, 0.2) is 0 Å². The smallest absolute Gasteiger partial charge is 0.326 e. The second kappa shape index (κ2) is 5.12. The van der Waals surface area contributed by atoms with Crippen LogP contribution in [0.25, 0.3) is 0 Å². The van der Waals surface area contributed by atoms with Crippen molar-refractivity contribution in [2.75, 3.05) is 0 Å². The molecule has 0 bridgehead atoms. The van der Waals surface area contributed by atoms with Crippen LogP contribution >= 0.6 is 0 Å². The van der Waals surface area contributed by atoms with E-state index in [1.54, 1.807) is 12.1 Å². The summed E-state index contributed by atoms with van der Waals surface area (Å²) in [6, 6.07) is 4.71. The van der Waals surface area contributed by atoms with Gasteiger partial charge in [-0.25, -0.2) is 4.79 Å². The van der Waals surface area contributed by atoms with Crippen LogP contribution in [0.2, 0.25) is 0 Å². The first kappa shape index (κ1) is 13.7. The molecule has 7 heteroatoms. The van der Waals surface area contributed by atoms with E-state index in [2.05, 4.69) is 0 Å². The van der Waals surface area contributed by atoms with E-state index in [-0.39, 0.29) is 24.0 Å². The van der Waals surface area contributed by atoms with E-state index in [4.69, 9.17) is 10.8 Å². The van der Waals surface area contributed by atoms with E-state index in [0.29, 0.717) is 4.90 Å². The minimum absolute atomic E-state index is 0.169. The monoisotopic (exact) mass is 277 g/mol. The molecule has 2 rings (SSSR count). The number of benzene rings is 1.